The molecule has 5 nitrogen and oxygen atoms in total. The minimum atomic E-state index is -0.282. The highest BCUT2D eigenvalue weighted by Crippen LogP contribution is 2.20. The number of thioether (sulfide) groups is 1. The van der Waals surface area contributed by atoms with Crippen molar-refractivity contribution < 1.29 is 9.13 Å². The summed E-state index contributed by atoms with van der Waals surface area (Å²) in [6.45, 7) is 0.320. The van der Waals surface area contributed by atoms with Gasteiger partial charge in [0.1, 0.15) is 18.2 Å². The van der Waals surface area contributed by atoms with Gasteiger partial charge in [0.2, 0.25) is 4.96 Å². The Kier molecular flexibility index (Phi) is 5.64. The van der Waals surface area contributed by atoms with E-state index in [1.807, 2.05) is 17.8 Å². The number of benzene rings is 2. The first-order valence-electron chi connectivity index (χ1n) is 8.48. The molecule has 8 heteroatoms. The summed E-state index contributed by atoms with van der Waals surface area (Å²) in [5.41, 5.74) is 1.34. The summed E-state index contributed by atoms with van der Waals surface area (Å²) in [5.74, 6) is 2.95. The number of nitrogens with zero attached hydrogens (tertiary/aromatic N) is 4. The van der Waals surface area contributed by atoms with Crippen LogP contribution in [0.25, 0.3) is 4.96 Å². The molecule has 0 unspecified atom stereocenters. The Morgan fingerprint density at radius 2 is 1.85 bits per heavy atom. The Morgan fingerprint density at radius 3 is 2.67 bits per heavy atom. The molecule has 0 aliphatic heterocycles. The fourth-order valence-electron chi connectivity index (χ4n) is 2.52. The lowest BCUT2D eigenvalue weighted by Gasteiger charge is -2.03. The normalized spacial score (nSPS) is 11.1. The Hall–Kier alpha value is -2.45. The summed E-state index contributed by atoms with van der Waals surface area (Å²) in [6.07, 6.45) is 1.03. The molecule has 0 saturated carbocycles. The van der Waals surface area contributed by atoms with Gasteiger partial charge in [-0.05, 0) is 42.0 Å². The fraction of sp³-hybridized carbons (Fsp3) is 0.211. The Labute approximate surface area is 164 Å². The van der Waals surface area contributed by atoms with E-state index in [1.165, 1.54) is 29.0 Å². The predicted molar refractivity (Wildman–Crippen MR) is 106 cm³/mol. The lowest BCUT2D eigenvalue weighted by atomic mass is 10.2. The van der Waals surface area contributed by atoms with Gasteiger partial charge in [0.05, 0.1) is 5.75 Å². The van der Waals surface area contributed by atoms with E-state index >= 15 is 0 Å². The van der Waals surface area contributed by atoms with Gasteiger partial charge in [-0.15, -0.1) is 10.2 Å². The van der Waals surface area contributed by atoms with Gasteiger partial charge in [-0.25, -0.2) is 4.39 Å². The van der Waals surface area contributed by atoms with E-state index in [1.54, 1.807) is 16.6 Å². The maximum absolute atomic E-state index is 12.9. The van der Waals surface area contributed by atoms with Crippen LogP contribution in [0.5, 0.6) is 5.75 Å². The zero-order valence-corrected chi connectivity index (χ0v) is 16.0. The van der Waals surface area contributed by atoms with Crippen LogP contribution < -0.4 is 4.74 Å². The van der Waals surface area contributed by atoms with Crippen molar-refractivity contribution in [3.8, 4) is 5.75 Å². The van der Waals surface area contributed by atoms with Crippen molar-refractivity contribution in [3.05, 3.63) is 76.8 Å². The first kappa shape index (κ1) is 17.9. The summed E-state index contributed by atoms with van der Waals surface area (Å²) < 4.78 is 20.4. The molecule has 0 fully saturated rings. The third-order valence-corrected chi connectivity index (χ3v) is 5.71. The Bertz CT molecular complexity index is 1000. The highest BCUT2D eigenvalue weighted by Gasteiger charge is 2.12. The van der Waals surface area contributed by atoms with Crippen molar-refractivity contribution in [1.82, 2.24) is 19.8 Å². The minimum Gasteiger partial charge on any atom is -0.486 e. The maximum Gasteiger partial charge on any atom is 0.234 e. The van der Waals surface area contributed by atoms with Crippen LogP contribution in [0.1, 0.15) is 16.4 Å². The van der Waals surface area contributed by atoms with E-state index in [0.717, 1.165) is 33.7 Å². The summed E-state index contributed by atoms with van der Waals surface area (Å²) >= 11 is 3.26. The Morgan fingerprint density at radius 1 is 1.04 bits per heavy atom. The molecular formula is C19H17FN4OS2. The highest BCUT2D eigenvalue weighted by atomic mass is 32.2. The molecule has 0 aliphatic carbocycles. The SMILES string of the molecule is Fc1ccc(OCc2nn3c(CSCCc4ccccc4)nnc3s2)cc1. The number of hydrogen-bond donors (Lipinski definition) is 0. The topological polar surface area (TPSA) is 52.3 Å². The lowest BCUT2D eigenvalue weighted by molar-refractivity contribution is 0.303. The van der Waals surface area contributed by atoms with Gasteiger partial charge in [-0.2, -0.15) is 21.4 Å². The quantitative estimate of drug-likeness (QED) is 0.411. The summed E-state index contributed by atoms with van der Waals surface area (Å²) in [4.78, 5) is 0.756. The zero-order valence-electron chi connectivity index (χ0n) is 14.4. The monoisotopic (exact) mass is 400 g/mol. The number of aromatic nitrogens is 4. The second-order valence-corrected chi connectivity index (χ2v) is 7.98. The smallest absolute Gasteiger partial charge is 0.234 e. The van der Waals surface area contributed by atoms with Gasteiger partial charge in [-0.3, -0.25) is 0 Å². The molecule has 2 aromatic carbocycles. The van der Waals surface area contributed by atoms with E-state index < -0.39 is 0 Å². The van der Waals surface area contributed by atoms with Crippen molar-refractivity contribution in [2.45, 2.75) is 18.8 Å². The predicted octanol–water partition coefficient (Wildman–Crippen LogP) is 4.38. The van der Waals surface area contributed by atoms with Gasteiger partial charge < -0.3 is 4.74 Å². The van der Waals surface area contributed by atoms with Crippen molar-refractivity contribution in [2.24, 2.45) is 0 Å². The van der Waals surface area contributed by atoms with E-state index in [2.05, 4.69) is 39.6 Å². The number of rotatable bonds is 8. The van der Waals surface area contributed by atoms with Gasteiger partial charge in [-0.1, -0.05) is 41.7 Å². The van der Waals surface area contributed by atoms with E-state index in [9.17, 15) is 4.39 Å². The molecule has 0 bridgehead atoms. The lowest BCUT2D eigenvalue weighted by Crippen LogP contribution is -1.99. The fourth-order valence-corrected chi connectivity index (χ4v) is 4.17. The zero-order chi connectivity index (χ0) is 18.5. The molecule has 2 heterocycles. The minimum absolute atomic E-state index is 0.282. The molecule has 2 aromatic heterocycles. The largest absolute Gasteiger partial charge is 0.486 e. The van der Waals surface area contributed by atoms with Crippen molar-refractivity contribution >= 4 is 28.1 Å². The van der Waals surface area contributed by atoms with Crippen LogP contribution in [-0.4, -0.2) is 25.6 Å². The molecule has 138 valence electrons. The average Bonchev–Trinajstić information content (AvgIpc) is 3.26. The number of fused-ring (bicyclic) bond motifs is 1. The van der Waals surface area contributed by atoms with Crippen LogP contribution in [0.2, 0.25) is 0 Å². The first-order valence-corrected chi connectivity index (χ1v) is 10.4. The number of aryl methyl sites for hydroxylation is 1. The molecule has 0 amide bonds. The van der Waals surface area contributed by atoms with Crippen LogP contribution >= 0.6 is 23.1 Å². The van der Waals surface area contributed by atoms with E-state index in [4.69, 9.17) is 4.74 Å². The molecule has 0 atom stereocenters. The second kappa shape index (κ2) is 8.49. The van der Waals surface area contributed by atoms with Crippen LogP contribution in [0.4, 0.5) is 4.39 Å². The second-order valence-electron chi connectivity index (χ2n) is 5.84. The molecular weight excluding hydrogens is 383 g/mol. The standard InChI is InChI=1S/C19H17FN4OS2/c20-15-6-8-16(9-7-15)25-12-18-23-24-17(21-22-19(24)27-18)13-26-11-10-14-4-2-1-3-5-14/h1-9H,10-13H2. The van der Waals surface area contributed by atoms with Crippen LogP contribution in [-0.2, 0) is 18.8 Å². The molecule has 4 rings (SSSR count). The Balaban J connectivity index is 1.32. The molecule has 27 heavy (non-hydrogen) atoms. The van der Waals surface area contributed by atoms with Crippen molar-refractivity contribution in [1.29, 1.82) is 0 Å². The average molecular weight is 401 g/mol. The third-order valence-electron chi connectivity index (χ3n) is 3.88. The highest BCUT2D eigenvalue weighted by molar-refractivity contribution is 7.98. The maximum atomic E-state index is 12.9. The van der Waals surface area contributed by atoms with Crippen LogP contribution in [0, 0.1) is 5.82 Å². The molecule has 4 aromatic rings. The number of halogens is 1. The van der Waals surface area contributed by atoms with Crippen LogP contribution in [0.3, 0.4) is 0 Å². The van der Waals surface area contributed by atoms with E-state index in [0.29, 0.717) is 12.4 Å². The van der Waals surface area contributed by atoms with Crippen LogP contribution in [0.15, 0.2) is 54.6 Å². The van der Waals surface area contributed by atoms with Gasteiger partial charge in [0.25, 0.3) is 0 Å². The summed E-state index contributed by atoms with van der Waals surface area (Å²) in [7, 11) is 0. The molecule has 0 N–H and O–H groups in total. The molecule has 0 spiro atoms. The molecule has 0 saturated heterocycles. The van der Waals surface area contributed by atoms with Gasteiger partial charge >= 0.3 is 0 Å². The number of ether oxygens (including phenoxy) is 1. The van der Waals surface area contributed by atoms with Gasteiger partial charge in [0.15, 0.2) is 10.8 Å². The van der Waals surface area contributed by atoms with Crippen molar-refractivity contribution in [3.63, 3.8) is 0 Å². The molecule has 0 radical (unpaired) electrons. The first-order chi connectivity index (χ1) is 13.3. The summed E-state index contributed by atoms with van der Waals surface area (Å²) in [5, 5.41) is 13.8. The molecule has 0 aliphatic rings. The number of hydrogen-bond acceptors (Lipinski definition) is 6. The van der Waals surface area contributed by atoms with Crippen molar-refractivity contribution in [2.75, 3.05) is 5.75 Å². The van der Waals surface area contributed by atoms with Gasteiger partial charge in [0, 0.05) is 0 Å². The van der Waals surface area contributed by atoms with E-state index in [-0.39, 0.29) is 5.82 Å². The third kappa shape index (κ3) is 4.64. The summed E-state index contributed by atoms with van der Waals surface area (Å²) in [6, 6.07) is 16.4.